The van der Waals surface area contributed by atoms with Crippen LogP contribution in [0.4, 0.5) is 4.79 Å². The van der Waals surface area contributed by atoms with E-state index in [0.717, 1.165) is 50.2 Å². The Morgan fingerprint density at radius 3 is 2.30 bits per heavy atom. The fourth-order valence-electron chi connectivity index (χ4n) is 6.92. The molecule has 0 amide bonds. The van der Waals surface area contributed by atoms with Gasteiger partial charge >= 0.3 is 12.1 Å². The van der Waals surface area contributed by atoms with Gasteiger partial charge in [-0.25, -0.2) is 4.79 Å². The Morgan fingerprint density at radius 2 is 1.67 bits per heavy atom. The van der Waals surface area contributed by atoms with Crippen molar-refractivity contribution < 1.29 is 23.8 Å². The van der Waals surface area contributed by atoms with Crippen molar-refractivity contribution in [3.63, 3.8) is 0 Å². The van der Waals surface area contributed by atoms with E-state index in [0.29, 0.717) is 13.0 Å². The van der Waals surface area contributed by atoms with Crippen molar-refractivity contribution in [3.8, 4) is 0 Å². The molecule has 2 atom stereocenters. The first-order valence-electron chi connectivity index (χ1n) is 12.1. The average Bonchev–Trinajstić information content (AvgIpc) is 2.69. The lowest BCUT2D eigenvalue weighted by molar-refractivity contribution is -0.153. The minimum atomic E-state index is -0.607. The van der Waals surface area contributed by atoms with Crippen molar-refractivity contribution in [3.05, 3.63) is 0 Å². The van der Waals surface area contributed by atoms with Crippen molar-refractivity contribution in [2.24, 2.45) is 29.1 Å². The van der Waals surface area contributed by atoms with Gasteiger partial charge in [0.15, 0.2) is 0 Å². The summed E-state index contributed by atoms with van der Waals surface area (Å²) in [6, 6.07) is 0. The summed E-state index contributed by atoms with van der Waals surface area (Å²) < 4.78 is 16.3. The lowest BCUT2D eigenvalue weighted by atomic mass is 9.49. The molecule has 0 N–H and O–H groups in total. The normalized spacial score (nSPS) is 36.3. The zero-order valence-electron chi connectivity index (χ0n) is 18.8. The molecule has 30 heavy (non-hydrogen) atoms. The van der Waals surface area contributed by atoms with Gasteiger partial charge in [-0.15, -0.1) is 0 Å². The van der Waals surface area contributed by atoms with Gasteiger partial charge in [0.05, 0.1) is 13.0 Å². The molecule has 6 nitrogen and oxygen atoms in total. The smallest absolute Gasteiger partial charge is 0.465 e. The van der Waals surface area contributed by atoms with Gasteiger partial charge in [-0.3, -0.25) is 9.69 Å². The molecule has 0 aromatic carbocycles. The minimum Gasteiger partial charge on any atom is -0.465 e. The van der Waals surface area contributed by atoms with E-state index in [-0.39, 0.29) is 30.0 Å². The summed E-state index contributed by atoms with van der Waals surface area (Å²) in [6.45, 7) is 7.39. The number of rotatable bonds is 8. The number of piperidine rings is 1. The molecule has 5 aliphatic rings. The number of esters is 1. The number of hydrogen-bond acceptors (Lipinski definition) is 6. The molecular formula is C24H39NO5. The van der Waals surface area contributed by atoms with Gasteiger partial charge in [-0.05, 0) is 87.6 Å². The number of likely N-dealkylation sites (N-methyl/N-ethyl adjacent to an activating group) is 1. The summed E-state index contributed by atoms with van der Waals surface area (Å²) in [4.78, 5) is 26.8. The molecule has 1 aliphatic heterocycles. The number of hydrogen-bond donors (Lipinski definition) is 0. The lowest BCUT2D eigenvalue weighted by Gasteiger charge is -2.56. The van der Waals surface area contributed by atoms with E-state index < -0.39 is 6.16 Å². The summed E-state index contributed by atoms with van der Waals surface area (Å²) in [7, 11) is 0. The maximum atomic E-state index is 12.5. The highest BCUT2D eigenvalue weighted by Gasteiger charge is 2.51. The van der Waals surface area contributed by atoms with Crippen LogP contribution in [-0.4, -0.2) is 56.0 Å². The van der Waals surface area contributed by atoms with Crippen LogP contribution >= 0.6 is 0 Å². The van der Waals surface area contributed by atoms with E-state index in [1.807, 2.05) is 6.92 Å². The Bertz CT molecular complexity index is 585. The van der Waals surface area contributed by atoms with E-state index in [2.05, 4.69) is 11.8 Å². The maximum absolute atomic E-state index is 12.5. The van der Waals surface area contributed by atoms with Crippen LogP contribution in [0.3, 0.4) is 0 Å². The van der Waals surface area contributed by atoms with Crippen LogP contribution in [0.15, 0.2) is 0 Å². The zero-order valence-corrected chi connectivity index (χ0v) is 18.8. The SMILES string of the molecule is CCN1CCCC(OC(=O)OCC(C)COC(=O)CC23CC4CC(CC(C4)C2)C3)C1. The second kappa shape index (κ2) is 9.46. The minimum absolute atomic E-state index is 0.0311. The van der Waals surface area contributed by atoms with Gasteiger partial charge in [0.2, 0.25) is 0 Å². The maximum Gasteiger partial charge on any atom is 0.508 e. The number of carbonyl (C=O) groups is 2. The molecule has 0 aromatic heterocycles. The second-order valence-corrected chi connectivity index (χ2v) is 10.7. The van der Waals surface area contributed by atoms with Crippen LogP contribution < -0.4 is 0 Å². The molecule has 4 bridgehead atoms. The molecule has 4 saturated carbocycles. The van der Waals surface area contributed by atoms with Crippen LogP contribution in [0.5, 0.6) is 0 Å². The van der Waals surface area contributed by atoms with Gasteiger partial charge < -0.3 is 14.2 Å². The van der Waals surface area contributed by atoms with Crippen LogP contribution in [0.25, 0.3) is 0 Å². The first-order valence-corrected chi connectivity index (χ1v) is 12.1. The monoisotopic (exact) mass is 421 g/mol. The standard InChI is InChI=1S/C24H39NO5/c1-3-25-6-4-5-21(14-25)30-23(27)29-16-17(2)15-28-22(26)13-24-10-18-7-19(11-24)9-20(8-18)12-24/h17-21H,3-16H2,1-2H3. The largest absolute Gasteiger partial charge is 0.508 e. The van der Waals surface area contributed by atoms with Gasteiger partial charge in [0.1, 0.15) is 12.7 Å². The third-order valence-electron chi connectivity index (χ3n) is 7.87. The number of ether oxygens (including phenoxy) is 3. The topological polar surface area (TPSA) is 65.1 Å². The first kappa shape index (κ1) is 21.9. The molecule has 5 rings (SSSR count). The highest BCUT2D eigenvalue weighted by Crippen LogP contribution is 2.61. The summed E-state index contributed by atoms with van der Waals surface area (Å²) in [6.07, 6.45) is 9.62. The van der Waals surface area contributed by atoms with Crippen molar-refractivity contribution in [1.29, 1.82) is 0 Å². The van der Waals surface area contributed by atoms with Gasteiger partial charge in [0, 0.05) is 12.5 Å². The second-order valence-electron chi connectivity index (χ2n) is 10.7. The highest BCUT2D eigenvalue weighted by atomic mass is 16.7. The Labute approximate surface area is 181 Å². The zero-order chi connectivity index (χ0) is 21.1. The molecule has 0 spiro atoms. The molecule has 4 aliphatic carbocycles. The highest BCUT2D eigenvalue weighted by molar-refractivity contribution is 5.70. The summed E-state index contributed by atoms with van der Waals surface area (Å²) >= 11 is 0. The Kier molecular flexibility index (Phi) is 6.91. The van der Waals surface area contributed by atoms with E-state index >= 15 is 0 Å². The van der Waals surface area contributed by atoms with Crippen molar-refractivity contribution in [2.45, 2.75) is 77.7 Å². The van der Waals surface area contributed by atoms with Gasteiger partial charge in [0.25, 0.3) is 0 Å². The van der Waals surface area contributed by atoms with E-state index in [4.69, 9.17) is 14.2 Å². The third kappa shape index (κ3) is 5.49. The fourth-order valence-corrected chi connectivity index (χ4v) is 6.92. The first-order chi connectivity index (χ1) is 14.4. The molecule has 5 fully saturated rings. The van der Waals surface area contributed by atoms with Gasteiger partial charge in [-0.2, -0.15) is 0 Å². The fraction of sp³-hybridized carbons (Fsp3) is 0.917. The van der Waals surface area contributed by atoms with Crippen molar-refractivity contribution in [2.75, 3.05) is 32.8 Å². The van der Waals surface area contributed by atoms with Crippen molar-refractivity contribution >= 4 is 12.1 Å². The predicted molar refractivity (Wildman–Crippen MR) is 113 cm³/mol. The third-order valence-corrected chi connectivity index (χ3v) is 7.87. The number of carbonyl (C=O) groups excluding carboxylic acids is 2. The molecular weight excluding hydrogens is 382 g/mol. The van der Waals surface area contributed by atoms with Crippen molar-refractivity contribution in [1.82, 2.24) is 4.90 Å². The van der Waals surface area contributed by atoms with E-state index in [9.17, 15) is 9.59 Å². The molecule has 170 valence electrons. The molecule has 0 aromatic rings. The summed E-state index contributed by atoms with van der Waals surface area (Å²) in [5, 5.41) is 0. The summed E-state index contributed by atoms with van der Waals surface area (Å²) in [5.74, 6) is 2.42. The summed E-state index contributed by atoms with van der Waals surface area (Å²) in [5.41, 5.74) is 0.210. The molecule has 2 unspecified atom stereocenters. The average molecular weight is 422 g/mol. The van der Waals surface area contributed by atoms with E-state index in [1.165, 1.54) is 38.5 Å². The number of nitrogens with zero attached hydrogens (tertiary/aromatic N) is 1. The number of likely N-dealkylation sites (tertiary alicyclic amines) is 1. The molecule has 6 heteroatoms. The van der Waals surface area contributed by atoms with Crippen LogP contribution in [-0.2, 0) is 19.0 Å². The lowest BCUT2D eigenvalue weighted by Crippen LogP contribution is -2.47. The van der Waals surface area contributed by atoms with Crippen LogP contribution in [0.2, 0.25) is 0 Å². The quantitative estimate of drug-likeness (QED) is 0.541. The Morgan fingerprint density at radius 1 is 1.03 bits per heavy atom. The molecule has 0 radical (unpaired) electrons. The molecule has 1 saturated heterocycles. The van der Waals surface area contributed by atoms with Gasteiger partial charge in [-0.1, -0.05) is 13.8 Å². The van der Waals surface area contributed by atoms with Crippen LogP contribution in [0, 0.1) is 29.1 Å². The Balaban J connectivity index is 1.12. The van der Waals surface area contributed by atoms with E-state index in [1.54, 1.807) is 0 Å². The predicted octanol–water partition coefficient (Wildman–Crippen LogP) is 4.41. The van der Waals surface area contributed by atoms with Crippen LogP contribution in [0.1, 0.15) is 71.6 Å². The Hall–Kier alpha value is -1.30. The molecule has 1 heterocycles.